The molecule has 1 unspecified atom stereocenters. The molecular weight excluding hydrogens is 226 g/mol. The maximum atomic E-state index is 12.7. The normalized spacial score (nSPS) is 22.2. The van der Waals surface area contributed by atoms with E-state index in [1.807, 2.05) is 7.05 Å². The van der Waals surface area contributed by atoms with Crippen molar-refractivity contribution in [1.29, 1.82) is 0 Å². The third kappa shape index (κ3) is 3.01. The summed E-state index contributed by atoms with van der Waals surface area (Å²) < 4.78 is 26.2. The minimum atomic E-state index is -2.50. The second-order valence-electron chi connectivity index (χ2n) is 4.39. The molecule has 0 bridgehead atoms. The van der Waals surface area contributed by atoms with E-state index in [1.165, 1.54) is 12.4 Å². The Morgan fingerprint density at radius 1 is 1.59 bits per heavy atom. The van der Waals surface area contributed by atoms with E-state index < -0.39 is 6.55 Å². The molecule has 1 fully saturated rings. The molecule has 1 aliphatic rings. The number of hydrogen-bond acceptors (Lipinski definition) is 3. The smallest absolute Gasteiger partial charge is 0.316 e. The third-order valence-corrected chi connectivity index (χ3v) is 3.24. The lowest BCUT2D eigenvalue weighted by atomic mass is 10.1. The molecule has 0 saturated carbocycles. The molecule has 17 heavy (non-hydrogen) atoms. The summed E-state index contributed by atoms with van der Waals surface area (Å²) in [6, 6.07) is 0.457. The van der Waals surface area contributed by atoms with Gasteiger partial charge < -0.3 is 5.32 Å². The van der Waals surface area contributed by atoms with Gasteiger partial charge in [-0.25, -0.2) is 4.98 Å². The highest BCUT2D eigenvalue weighted by molar-refractivity contribution is 4.94. The zero-order valence-electron chi connectivity index (χ0n) is 9.94. The quantitative estimate of drug-likeness (QED) is 0.870. The lowest BCUT2D eigenvalue weighted by molar-refractivity contribution is 0.0626. The average Bonchev–Trinajstić information content (AvgIpc) is 2.77. The molecule has 2 heterocycles. The van der Waals surface area contributed by atoms with Crippen LogP contribution in [0, 0.1) is 0 Å². The fourth-order valence-electron chi connectivity index (χ4n) is 2.28. The van der Waals surface area contributed by atoms with Gasteiger partial charge in [0.15, 0.2) is 0 Å². The Hall–Kier alpha value is -1.01. The van der Waals surface area contributed by atoms with Crippen LogP contribution in [-0.2, 0) is 6.54 Å². The van der Waals surface area contributed by atoms with Crippen LogP contribution in [-0.4, -0.2) is 40.6 Å². The minimum Gasteiger partial charge on any atom is -0.316 e. The van der Waals surface area contributed by atoms with Crippen LogP contribution in [0.2, 0.25) is 0 Å². The number of nitrogens with zero attached hydrogens (tertiary/aromatic N) is 3. The lowest BCUT2D eigenvalue weighted by Gasteiger charge is -2.32. The van der Waals surface area contributed by atoms with Gasteiger partial charge in [0.25, 0.3) is 0 Å². The highest BCUT2D eigenvalue weighted by Crippen LogP contribution is 2.16. The van der Waals surface area contributed by atoms with E-state index in [0.717, 1.165) is 30.5 Å². The van der Waals surface area contributed by atoms with Gasteiger partial charge in [-0.1, -0.05) is 0 Å². The van der Waals surface area contributed by atoms with Gasteiger partial charge in [0.1, 0.15) is 5.82 Å². The molecule has 1 atom stereocenters. The van der Waals surface area contributed by atoms with Gasteiger partial charge in [-0.05, 0) is 26.4 Å². The van der Waals surface area contributed by atoms with Gasteiger partial charge in [0.2, 0.25) is 0 Å². The lowest BCUT2D eigenvalue weighted by Crippen LogP contribution is -2.44. The largest absolute Gasteiger partial charge is 0.319 e. The molecule has 0 aliphatic carbocycles. The summed E-state index contributed by atoms with van der Waals surface area (Å²) in [5.74, 6) is 0.441. The van der Waals surface area contributed by atoms with Crippen LogP contribution in [0.4, 0.5) is 8.78 Å². The number of rotatable bonds is 4. The molecule has 6 heteroatoms. The van der Waals surface area contributed by atoms with E-state index in [2.05, 4.69) is 15.2 Å². The van der Waals surface area contributed by atoms with Crippen LogP contribution in [0.1, 0.15) is 25.2 Å². The van der Waals surface area contributed by atoms with Crippen molar-refractivity contribution in [3.8, 4) is 0 Å². The first-order chi connectivity index (χ1) is 8.20. The molecule has 1 saturated heterocycles. The van der Waals surface area contributed by atoms with Crippen molar-refractivity contribution in [2.24, 2.45) is 0 Å². The monoisotopic (exact) mass is 244 g/mol. The van der Waals surface area contributed by atoms with Crippen LogP contribution in [0.15, 0.2) is 12.4 Å². The summed E-state index contributed by atoms with van der Waals surface area (Å²) in [7, 11) is 1.94. The number of nitrogens with one attached hydrogen (secondary N) is 1. The van der Waals surface area contributed by atoms with Gasteiger partial charge in [0.05, 0.1) is 6.54 Å². The van der Waals surface area contributed by atoms with Gasteiger partial charge in [0, 0.05) is 25.0 Å². The maximum absolute atomic E-state index is 12.7. The number of hydrogen-bond donors (Lipinski definition) is 1. The first-order valence-corrected chi connectivity index (χ1v) is 5.90. The maximum Gasteiger partial charge on any atom is 0.319 e. The van der Waals surface area contributed by atoms with E-state index in [1.54, 1.807) is 0 Å². The first-order valence-electron chi connectivity index (χ1n) is 5.90. The van der Waals surface area contributed by atoms with Gasteiger partial charge >= 0.3 is 6.55 Å². The third-order valence-electron chi connectivity index (χ3n) is 3.24. The molecule has 1 N–H and O–H groups in total. The Morgan fingerprint density at radius 2 is 2.41 bits per heavy atom. The van der Waals surface area contributed by atoms with E-state index in [9.17, 15) is 8.78 Å². The first kappa shape index (κ1) is 12.4. The molecule has 96 valence electrons. The number of likely N-dealkylation sites (N-methyl/N-ethyl adjacent to an activating group) is 1. The van der Waals surface area contributed by atoms with Crippen LogP contribution in [0.25, 0.3) is 0 Å². The molecule has 1 aromatic heterocycles. The number of imidazole rings is 1. The Balaban J connectivity index is 1.98. The Bertz CT molecular complexity index is 353. The number of halogens is 2. The van der Waals surface area contributed by atoms with E-state index in [4.69, 9.17) is 0 Å². The zero-order chi connectivity index (χ0) is 12.3. The zero-order valence-corrected chi connectivity index (χ0v) is 9.94. The van der Waals surface area contributed by atoms with E-state index in [-0.39, 0.29) is 0 Å². The second-order valence-corrected chi connectivity index (χ2v) is 4.39. The van der Waals surface area contributed by atoms with Crippen molar-refractivity contribution in [2.45, 2.75) is 32.0 Å². The predicted octanol–water partition coefficient (Wildman–Crippen LogP) is 1.46. The Morgan fingerprint density at radius 3 is 3.12 bits per heavy atom. The predicted molar refractivity (Wildman–Crippen MR) is 60.8 cm³/mol. The fourth-order valence-corrected chi connectivity index (χ4v) is 2.28. The van der Waals surface area contributed by atoms with Gasteiger partial charge in [-0.2, -0.15) is 8.78 Å². The number of likely N-dealkylation sites (tertiary alicyclic amines) is 1. The molecule has 0 aromatic carbocycles. The molecule has 1 aromatic rings. The number of aromatic nitrogens is 2. The minimum absolute atomic E-state index is 0.441. The molecule has 0 amide bonds. The molecule has 2 rings (SSSR count). The SMILES string of the molecule is CNC1CCCN(Cc2nccn2C(F)F)C1. The average molecular weight is 244 g/mol. The summed E-state index contributed by atoms with van der Waals surface area (Å²) in [5, 5.41) is 3.23. The van der Waals surface area contributed by atoms with E-state index >= 15 is 0 Å². The van der Waals surface area contributed by atoms with Crippen LogP contribution < -0.4 is 5.32 Å². The number of alkyl halides is 2. The van der Waals surface area contributed by atoms with Crippen LogP contribution in [0.5, 0.6) is 0 Å². The Labute approximate surface area is 99.6 Å². The summed E-state index contributed by atoms with van der Waals surface area (Å²) in [5.41, 5.74) is 0. The fraction of sp³-hybridized carbons (Fsp3) is 0.727. The molecule has 4 nitrogen and oxygen atoms in total. The second kappa shape index (κ2) is 5.55. The van der Waals surface area contributed by atoms with E-state index in [0.29, 0.717) is 18.4 Å². The van der Waals surface area contributed by atoms with Gasteiger partial charge in [-0.15, -0.1) is 0 Å². The van der Waals surface area contributed by atoms with Gasteiger partial charge in [-0.3, -0.25) is 9.47 Å². The number of piperidine rings is 1. The Kier molecular flexibility index (Phi) is 4.06. The summed E-state index contributed by atoms with van der Waals surface area (Å²) >= 11 is 0. The molecular formula is C11H18F2N4. The molecule has 0 spiro atoms. The molecule has 0 radical (unpaired) electrons. The van der Waals surface area contributed by atoms with Crippen molar-refractivity contribution >= 4 is 0 Å². The highest BCUT2D eigenvalue weighted by atomic mass is 19.3. The van der Waals surface area contributed by atoms with Crippen molar-refractivity contribution < 1.29 is 8.78 Å². The molecule has 1 aliphatic heterocycles. The van der Waals surface area contributed by atoms with Crippen molar-refractivity contribution in [3.63, 3.8) is 0 Å². The standard InChI is InChI=1S/C11H18F2N4/c1-14-9-3-2-5-16(7-9)8-10-15-4-6-17(10)11(12)13/h4,6,9,11,14H,2-3,5,7-8H2,1H3. The van der Waals surface area contributed by atoms with Crippen molar-refractivity contribution in [2.75, 3.05) is 20.1 Å². The van der Waals surface area contributed by atoms with Crippen LogP contribution >= 0.6 is 0 Å². The highest BCUT2D eigenvalue weighted by Gasteiger charge is 2.21. The van der Waals surface area contributed by atoms with Crippen molar-refractivity contribution in [1.82, 2.24) is 19.8 Å². The summed E-state index contributed by atoms with van der Waals surface area (Å²) in [6.07, 6.45) is 5.01. The van der Waals surface area contributed by atoms with Crippen molar-refractivity contribution in [3.05, 3.63) is 18.2 Å². The summed E-state index contributed by atoms with van der Waals surface area (Å²) in [4.78, 5) is 6.18. The summed E-state index contributed by atoms with van der Waals surface area (Å²) in [6.45, 7) is -0.159. The topological polar surface area (TPSA) is 33.1 Å². The van der Waals surface area contributed by atoms with Crippen LogP contribution in [0.3, 0.4) is 0 Å².